The van der Waals surface area contributed by atoms with Crippen LogP contribution >= 0.6 is 0 Å². The first-order valence-corrected chi connectivity index (χ1v) is 9.98. The van der Waals surface area contributed by atoms with Gasteiger partial charge in [0.25, 0.3) is 0 Å². The molecule has 5 nitrogen and oxygen atoms in total. The largest absolute Gasteiger partial charge is 0.481 e. The van der Waals surface area contributed by atoms with E-state index in [-0.39, 0.29) is 35.7 Å². The van der Waals surface area contributed by atoms with Crippen molar-refractivity contribution < 1.29 is 24.6 Å². The number of hydrogen-bond acceptors (Lipinski definition) is 4. The molecule has 4 aliphatic carbocycles. The van der Waals surface area contributed by atoms with Crippen molar-refractivity contribution in [1.82, 2.24) is 0 Å². The second-order valence-electron chi connectivity index (χ2n) is 9.35. The maximum absolute atomic E-state index is 12.5. The number of carbonyl (C=O) groups excluding carboxylic acids is 2. The van der Waals surface area contributed by atoms with Gasteiger partial charge in [-0.15, -0.1) is 0 Å². The fourth-order valence-corrected chi connectivity index (χ4v) is 7.03. The summed E-state index contributed by atoms with van der Waals surface area (Å²) in [4.78, 5) is 36.8. The predicted octanol–water partition coefficient (Wildman–Crippen LogP) is 3.07. The molecule has 0 unspecified atom stereocenters. The van der Waals surface area contributed by atoms with Crippen molar-refractivity contribution in [2.45, 2.75) is 64.9 Å². The van der Waals surface area contributed by atoms with Gasteiger partial charge in [-0.25, -0.2) is 0 Å². The van der Waals surface area contributed by atoms with Crippen LogP contribution < -0.4 is 0 Å². The molecule has 2 saturated carbocycles. The summed E-state index contributed by atoms with van der Waals surface area (Å²) in [6.07, 6.45) is 6.75. The summed E-state index contributed by atoms with van der Waals surface area (Å²) < 4.78 is 0. The Labute approximate surface area is 159 Å². The summed E-state index contributed by atoms with van der Waals surface area (Å²) in [7, 11) is 0. The van der Waals surface area contributed by atoms with Crippen LogP contribution in [0.2, 0.25) is 0 Å². The smallest absolute Gasteiger partial charge is 0.314 e. The lowest BCUT2D eigenvalue weighted by Crippen LogP contribution is -2.58. The number of allylic oxidation sites excluding steroid dienone is 3. The number of aliphatic hydroxyl groups is 1. The highest BCUT2D eigenvalue weighted by Crippen LogP contribution is 2.67. The number of carbonyl (C=O) groups is 3. The molecule has 2 fully saturated rings. The number of rotatable bonds is 2. The molecule has 0 aromatic carbocycles. The molecular weight excluding hydrogens is 344 g/mol. The predicted molar refractivity (Wildman–Crippen MR) is 98.8 cm³/mol. The van der Waals surface area contributed by atoms with E-state index in [1.807, 2.05) is 13.8 Å². The number of ketones is 2. The Morgan fingerprint density at radius 3 is 2.44 bits per heavy atom. The minimum atomic E-state index is -1.32. The standard InChI is InChI=1S/C22H28O5/c1-12-10-15-16-6-9-22(27,13(2)23)20(16,3)7-5-17(15)21(19(25)26)8-4-14(24)11-18(12)21/h10-11,15-17,27H,4-9H2,1-3H3,(H,25,26)/t15-,16-,17-,20-,21-,22-/m0/s1. The second kappa shape index (κ2) is 5.63. The molecule has 0 saturated heterocycles. The topological polar surface area (TPSA) is 91.7 Å². The fourth-order valence-electron chi connectivity index (χ4n) is 7.03. The first kappa shape index (κ1) is 18.6. The van der Waals surface area contributed by atoms with Crippen molar-refractivity contribution in [3.63, 3.8) is 0 Å². The Hall–Kier alpha value is -1.75. The highest BCUT2D eigenvalue weighted by Gasteiger charge is 2.67. The van der Waals surface area contributed by atoms with Crippen LogP contribution in [0, 0.1) is 28.6 Å². The lowest BCUT2D eigenvalue weighted by molar-refractivity contribution is -0.165. The molecule has 27 heavy (non-hydrogen) atoms. The van der Waals surface area contributed by atoms with Gasteiger partial charge in [0.05, 0.1) is 5.41 Å². The van der Waals surface area contributed by atoms with Crippen molar-refractivity contribution in [3.05, 3.63) is 23.3 Å². The average Bonchev–Trinajstić information content (AvgIpc) is 2.88. The van der Waals surface area contributed by atoms with Gasteiger partial charge < -0.3 is 10.2 Å². The zero-order valence-corrected chi connectivity index (χ0v) is 16.2. The maximum Gasteiger partial charge on any atom is 0.314 e. The van der Waals surface area contributed by atoms with Crippen molar-refractivity contribution in [1.29, 1.82) is 0 Å². The van der Waals surface area contributed by atoms with Gasteiger partial charge in [-0.3, -0.25) is 14.4 Å². The Morgan fingerprint density at radius 1 is 1.15 bits per heavy atom. The molecule has 0 amide bonds. The normalized spacial score (nSPS) is 45.9. The molecular formula is C22H28O5. The first-order valence-electron chi connectivity index (χ1n) is 9.98. The second-order valence-corrected chi connectivity index (χ2v) is 9.35. The molecule has 0 aromatic heterocycles. The zero-order valence-electron chi connectivity index (χ0n) is 16.2. The molecule has 4 rings (SSSR count). The minimum absolute atomic E-state index is 0.000504. The molecule has 0 heterocycles. The lowest BCUT2D eigenvalue weighted by Gasteiger charge is -2.57. The van der Waals surface area contributed by atoms with E-state index in [2.05, 4.69) is 6.08 Å². The van der Waals surface area contributed by atoms with E-state index in [9.17, 15) is 24.6 Å². The van der Waals surface area contributed by atoms with E-state index < -0.39 is 22.4 Å². The number of carboxylic acids is 1. The SMILES string of the molecule is CC(=O)[C@@]1(O)CC[C@H]2[C@@H]3C=C(C)C4=CC(=O)CC[C@]4(C(=O)O)[C@H]3CC[C@@]21C. The van der Waals surface area contributed by atoms with Crippen LogP contribution in [0.1, 0.15) is 59.3 Å². The Morgan fingerprint density at radius 2 is 1.81 bits per heavy atom. The summed E-state index contributed by atoms with van der Waals surface area (Å²) in [6, 6.07) is 0. The van der Waals surface area contributed by atoms with Crippen LogP contribution in [0.5, 0.6) is 0 Å². The zero-order chi connectivity index (χ0) is 19.8. The first-order chi connectivity index (χ1) is 12.6. The van der Waals surface area contributed by atoms with Crippen molar-refractivity contribution in [2.75, 3.05) is 0 Å². The number of carboxylic acid groups (broad SMARTS) is 1. The third-order valence-electron chi connectivity index (χ3n) is 8.50. The highest BCUT2D eigenvalue weighted by molar-refractivity contribution is 5.96. The van der Waals surface area contributed by atoms with Crippen LogP contribution in [0.15, 0.2) is 23.3 Å². The molecule has 0 spiro atoms. The monoisotopic (exact) mass is 372 g/mol. The van der Waals surface area contributed by atoms with E-state index in [1.165, 1.54) is 6.92 Å². The third kappa shape index (κ3) is 2.12. The Bertz CT molecular complexity index is 808. The van der Waals surface area contributed by atoms with E-state index >= 15 is 0 Å². The highest BCUT2D eigenvalue weighted by atomic mass is 16.4. The van der Waals surface area contributed by atoms with E-state index in [0.29, 0.717) is 31.3 Å². The van der Waals surface area contributed by atoms with E-state index in [1.54, 1.807) is 6.08 Å². The summed E-state index contributed by atoms with van der Waals surface area (Å²) in [5.74, 6) is -1.02. The van der Waals surface area contributed by atoms with Gasteiger partial charge >= 0.3 is 5.97 Å². The molecule has 0 radical (unpaired) electrons. The van der Waals surface area contributed by atoms with Crippen LogP contribution in [-0.2, 0) is 14.4 Å². The molecule has 0 bridgehead atoms. The molecule has 6 atom stereocenters. The quantitative estimate of drug-likeness (QED) is 0.777. The number of aliphatic carboxylic acids is 1. The summed E-state index contributed by atoms with van der Waals surface area (Å²) in [5, 5.41) is 21.5. The molecule has 146 valence electrons. The van der Waals surface area contributed by atoms with Crippen LogP contribution in [0.4, 0.5) is 0 Å². The number of fused-ring (bicyclic) bond motifs is 5. The molecule has 0 aliphatic heterocycles. The summed E-state index contributed by atoms with van der Waals surface area (Å²) >= 11 is 0. The van der Waals surface area contributed by atoms with Gasteiger partial charge in [-0.05, 0) is 75.4 Å². The van der Waals surface area contributed by atoms with Crippen LogP contribution in [-0.4, -0.2) is 33.3 Å². The maximum atomic E-state index is 12.5. The van der Waals surface area contributed by atoms with Gasteiger partial charge in [0, 0.05) is 11.8 Å². The van der Waals surface area contributed by atoms with E-state index in [4.69, 9.17) is 0 Å². The van der Waals surface area contributed by atoms with Gasteiger partial charge in [0.15, 0.2) is 11.6 Å². The van der Waals surface area contributed by atoms with E-state index in [0.717, 1.165) is 12.0 Å². The molecule has 0 aromatic rings. The Kier molecular flexibility index (Phi) is 3.88. The van der Waals surface area contributed by atoms with Crippen LogP contribution in [0.3, 0.4) is 0 Å². The molecule has 5 heteroatoms. The van der Waals surface area contributed by atoms with Gasteiger partial charge in [0.1, 0.15) is 5.60 Å². The van der Waals surface area contributed by atoms with Crippen molar-refractivity contribution in [3.8, 4) is 0 Å². The van der Waals surface area contributed by atoms with Gasteiger partial charge in [-0.2, -0.15) is 0 Å². The lowest BCUT2D eigenvalue weighted by atomic mass is 9.46. The van der Waals surface area contributed by atoms with Crippen molar-refractivity contribution >= 4 is 17.5 Å². The molecule has 2 N–H and O–H groups in total. The minimum Gasteiger partial charge on any atom is -0.481 e. The van der Waals surface area contributed by atoms with Gasteiger partial charge in [0.2, 0.25) is 0 Å². The summed E-state index contributed by atoms with van der Waals surface area (Å²) in [5.41, 5.74) is -1.32. The van der Waals surface area contributed by atoms with Gasteiger partial charge in [-0.1, -0.05) is 18.6 Å². The number of Topliss-reactive ketones (excluding diaryl/α,β-unsaturated/α-hetero) is 1. The average molecular weight is 372 g/mol. The Balaban J connectivity index is 1.85. The van der Waals surface area contributed by atoms with Crippen molar-refractivity contribution in [2.24, 2.45) is 28.6 Å². The third-order valence-corrected chi connectivity index (χ3v) is 8.50. The fraction of sp³-hybridized carbons (Fsp3) is 0.682. The molecule has 4 aliphatic rings. The summed E-state index contributed by atoms with van der Waals surface area (Å²) in [6.45, 7) is 5.37. The number of hydrogen-bond donors (Lipinski definition) is 2. The van der Waals surface area contributed by atoms with Crippen LogP contribution in [0.25, 0.3) is 0 Å².